The van der Waals surface area contributed by atoms with E-state index in [1.807, 2.05) is 0 Å². The maximum Gasteiger partial charge on any atom is 0.218 e. The molecule has 6 N–H and O–H groups in total. The zero-order valence-corrected chi connectivity index (χ0v) is 6.95. The summed E-state index contributed by atoms with van der Waals surface area (Å²) in [5, 5.41) is 0. The Morgan fingerprint density at radius 1 is 1.17 bits per heavy atom. The van der Waals surface area contributed by atoms with E-state index in [2.05, 4.69) is 0 Å². The van der Waals surface area contributed by atoms with Crippen molar-refractivity contribution in [2.45, 2.75) is 31.7 Å². The molecule has 5 nitrogen and oxygen atoms in total. The molecule has 0 aromatic heterocycles. The first-order chi connectivity index (χ1) is 5.52. The molecule has 0 saturated carbocycles. The van der Waals surface area contributed by atoms with Crippen molar-refractivity contribution in [1.82, 2.24) is 0 Å². The van der Waals surface area contributed by atoms with E-state index in [1.165, 1.54) is 0 Å². The molecule has 0 bridgehead atoms. The largest absolute Gasteiger partial charge is 0.370 e. The topological polar surface area (TPSA) is 112 Å². The first kappa shape index (κ1) is 10.9. The Morgan fingerprint density at radius 3 is 2.17 bits per heavy atom. The minimum Gasteiger partial charge on any atom is -0.370 e. The highest BCUT2D eigenvalue weighted by Crippen LogP contribution is 2.00. The van der Waals surface area contributed by atoms with Crippen LogP contribution in [0.5, 0.6) is 0 Å². The number of hydrogen-bond donors (Lipinski definition) is 3. The molecule has 0 spiro atoms. The Kier molecular flexibility index (Phi) is 5.03. The lowest BCUT2D eigenvalue weighted by Crippen LogP contribution is -2.27. The first-order valence-corrected chi connectivity index (χ1v) is 3.84. The second-order valence-corrected chi connectivity index (χ2v) is 2.79. The molecule has 70 valence electrons. The predicted molar refractivity (Wildman–Crippen MR) is 44.8 cm³/mol. The van der Waals surface area contributed by atoms with Crippen molar-refractivity contribution in [2.75, 3.05) is 0 Å². The van der Waals surface area contributed by atoms with Crippen molar-refractivity contribution in [3.63, 3.8) is 0 Å². The van der Waals surface area contributed by atoms with Gasteiger partial charge in [-0.2, -0.15) is 0 Å². The highest BCUT2D eigenvalue weighted by Gasteiger charge is 2.06. The summed E-state index contributed by atoms with van der Waals surface area (Å²) >= 11 is 0. The van der Waals surface area contributed by atoms with Crippen LogP contribution >= 0.6 is 0 Å². The van der Waals surface area contributed by atoms with Gasteiger partial charge in [-0.25, -0.2) is 0 Å². The van der Waals surface area contributed by atoms with Crippen LogP contribution in [0.25, 0.3) is 0 Å². The fourth-order valence-electron chi connectivity index (χ4n) is 0.899. The summed E-state index contributed by atoms with van der Waals surface area (Å²) < 4.78 is 0. The summed E-state index contributed by atoms with van der Waals surface area (Å²) in [6.07, 6.45) is 1.70. The van der Waals surface area contributed by atoms with Gasteiger partial charge in [-0.1, -0.05) is 0 Å². The zero-order valence-electron chi connectivity index (χ0n) is 6.95. The molecule has 2 amide bonds. The standard InChI is InChI=1S/C7H15N3O2/c8-5(4-7(10)12)2-1-3-6(9)11/h5H,1-4,8H2,(H2,9,11)(H2,10,12)/t5-/m0/s1. The molecule has 0 aromatic carbocycles. The minimum atomic E-state index is -0.415. The number of nitrogens with two attached hydrogens (primary N) is 3. The highest BCUT2D eigenvalue weighted by molar-refractivity contribution is 5.74. The first-order valence-electron chi connectivity index (χ1n) is 3.84. The van der Waals surface area contributed by atoms with Crippen molar-refractivity contribution >= 4 is 11.8 Å². The van der Waals surface area contributed by atoms with Gasteiger partial charge in [-0.3, -0.25) is 9.59 Å². The van der Waals surface area contributed by atoms with Gasteiger partial charge in [0.05, 0.1) is 0 Å². The molecule has 0 aliphatic carbocycles. The van der Waals surface area contributed by atoms with Gasteiger partial charge in [-0.15, -0.1) is 0 Å². The third kappa shape index (κ3) is 7.01. The molecular formula is C7H15N3O2. The molecule has 1 atom stereocenters. The predicted octanol–water partition coefficient (Wildman–Crippen LogP) is -1.16. The molecule has 0 radical (unpaired) electrons. The summed E-state index contributed by atoms with van der Waals surface area (Å²) in [7, 11) is 0. The van der Waals surface area contributed by atoms with Crippen molar-refractivity contribution in [3.05, 3.63) is 0 Å². The van der Waals surface area contributed by atoms with Crippen molar-refractivity contribution in [3.8, 4) is 0 Å². The third-order valence-corrected chi connectivity index (χ3v) is 1.46. The average Bonchev–Trinajstić information content (AvgIpc) is 1.84. The molecular weight excluding hydrogens is 158 g/mol. The van der Waals surface area contributed by atoms with Gasteiger partial charge in [0.15, 0.2) is 0 Å². The van der Waals surface area contributed by atoms with Gasteiger partial charge in [0.25, 0.3) is 0 Å². The summed E-state index contributed by atoms with van der Waals surface area (Å²) in [5.41, 5.74) is 15.3. The lowest BCUT2D eigenvalue weighted by molar-refractivity contribution is -0.118. The maximum atomic E-state index is 10.4. The van der Waals surface area contributed by atoms with Gasteiger partial charge in [0, 0.05) is 18.9 Å². The van der Waals surface area contributed by atoms with Crippen LogP contribution in [0.2, 0.25) is 0 Å². The maximum absolute atomic E-state index is 10.4. The number of carbonyl (C=O) groups is 2. The molecule has 0 aliphatic rings. The van der Waals surface area contributed by atoms with Gasteiger partial charge in [0.1, 0.15) is 0 Å². The summed E-state index contributed by atoms with van der Waals surface area (Å²) in [6, 6.07) is -0.248. The van der Waals surface area contributed by atoms with Crippen LogP contribution in [0.1, 0.15) is 25.7 Å². The van der Waals surface area contributed by atoms with E-state index in [0.29, 0.717) is 19.3 Å². The van der Waals surface area contributed by atoms with Crippen molar-refractivity contribution in [1.29, 1.82) is 0 Å². The number of hydrogen-bond acceptors (Lipinski definition) is 3. The summed E-state index contributed by atoms with van der Waals surface area (Å²) in [6.45, 7) is 0. The monoisotopic (exact) mass is 173 g/mol. The molecule has 5 heteroatoms. The van der Waals surface area contributed by atoms with Crippen molar-refractivity contribution in [2.24, 2.45) is 17.2 Å². The van der Waals surface area contributed by atoms with Gasteiger partial charge in [-0.05, 0) is 12.8 Å². The Labute approximate surface area is 71.3 Å². The van der Waals surface area contributed by atoms with Crippen LogP contribution in [0.4, 0.5) is 0 Å². The SMILES string of the molecule is NC(=O)CCC[C@H](N)CC(N)=O. The quantitative estimate of drug-likeness (QED) is 0.471. The molecule has 0 saturated heterocycles. The number of amides is 2. The Bertz CT molecular complexity index is 170. The average molecular weight is 173 g/mol. The molecule has 0 unspecified atom stereocenters. The Hall–Kier alpha value is -1.10. The van der Waals surface area contributed by atoms with E-state index >= 15 is 0 Å². The number of rotatable bonds is 6. The summed E-state index contributed by atoms with van der Waals surface area (Å²) in [4.78, 5) is 20.7. The molecule has 0 aromatic rings. The molecule has 12 heavy (non-hydrogen) atoms. The number of carbonyl (C=O) groups excluding carboxylic acids is 2. The lowest BCUT2D eigenvalue weighted by atomic mass is 10.1. The van der Waals surface area contributed by atoms with E-state index in [4.69, 9.17) is 17.2 Å². The van der Waals surface area contributed by atoms with E-state index in [9.17, 15) is 9.59 Å². The van der Waals surface area contributed by atoms with Gasteiger partial charge in [0.2, 0.25) is 11.8 Å². The van der Waals surface area contributed by atoms with E-state index in [0.717, 1.165) is 0 Å². The Morgan fingerprint density at radius 2 is 1.75 bits per heavy atom. The minimum absolute atomic E-state index is 0.165. The second kappa shape index (κ2) is 5.54. The van der Waals surface area contributed by atoms with Crippen molar-refractivity contribution < 1.29 is 9.59 Å². The van der Waals surface area contributed by atoms with Crippen LogP contribution in [0.3, 0.4) is 0 Å². The Balaban J connectivity index is 3.37. The zero-order chi connectivity index (χ0) is 9.56. The van der Waals surface area contributed by atoms with Gasteiger partial charge < -0.3 is 17.2 Å². The van der Waals surface area contributed by atoms with Crippen LogP contribution in [0.15, 0.2) is 0 Å². The van der Waals surface area contributed by atoms with E-state index < -0.39 is 5.91 Å². The molecule has 0 rings (SSSR count). The smallest absolute Gasteiger partial charge is 0.218 e. The van der Waals surface area contributed by atoms with Crippen LogP contribution in [0, 0.1) is 0 Å². The van der Waals surface area contributed by atoms with E-state index in [-0.39, 0.29) is 18.4 Å². The van der Waals surface area contributed by atoms with Crippen LogP contribution in [-0.2, 0) is 9.59 Å². The van der Waals surface area contributed by atoms with Crippen LogP contribution in [-0.4, -0.2) is 17.9 Å². The summed E-state index contributed by atoms with van der Waals surface area (Å²) in [5.74, 6) is -0.761. The normalized spacial score (nSPS) is 12.4. The van der Waals surface area contributed by atoms with Gasteiger partial charge >= 0.3 is 0 Å². The lowest BCUT2D eigenvalue weighted by Gasteiger charge is -2.07. The molecule has 0 fully saturated rings. The van der Waals surface area contributed by atoms with Crippen LogP contribution < -0.4 is 17.2 Å². The van der Waals surface area contributed by atoms with E-state index in [1.54, 1.807) is 0 Å². The molecule has 0 aliphatic heterocycles. The fraction of sp³-hybridized carbons (Fsp3) is 0.714. The highest BCUT2D eigenvalue weighted by atomic mass is 16.1. The third-order valence-electron chi connectivity index (χ3n) is 1.46. The number of primary amides is 2. The molecule has 0 heterocycles. The second-order valence-electron chi connectivity index (χ2n) is 2.79. The fourth-order valence-corrected chi connectivity index (χ4v) is 0.899.